The first-order valence-electron chi connectivity index (χ1n) is 5.41. The molecule has 0 aliphatic rings. The van der Waals surface area contributed by atoms with E-state index < -0.39 is 0 Å². The summed E-state index contributed by atoms with van der Waals surface area (Å²) in [5.41, 5.74) is 0. The molecule has 0 N–H and O–H groups in total. The van der Waals surface area contributed by atoms with Gasteiger partial charge in [0.25, 0.3) is 0 Å². The molecule has 0 atom stereocenters. The van der Waals surface area contributed by atoms with Crippen LogP contribution in [0.4, 0.5) is 0 Å². The maximum absolute atomic E-state index is 11.6. The van der Waals surface area contributed by atoms with Gasteiger partial charge < -0.3 is 4.42 Å². The van der Waals surface area contributed by atoms with E-state index in [2.05, 4.69) is 6.07 Å². The van der Waals surface area contributed by atoms with Gasteiger partial charge in [0, 0.05) is 24.1 Å². The summed E-state index contributed by atoms with van der Waals surface area (Å²) in [4.78, 5) is 12.9. The Morgan fingerprint density at radius 1 is 1.19 bits per heavy atom. The fourth-order valence-corrected chi connectivity index (χ4v) is 2.27. The van der Waals surface area contributed by atoms with Crippen LogP contribution in [-0.2, 0) is 17.6 Å². The van der Waals surface area contributed by atoms with Crippen molar-refractivity contribution in [1.29, 1.82) is 0 Å². The van der Waals surface area contributed by atoms with Crippen LogP contribution in [0.2, 0.25) is 0 Å². The number of hydrogen-bond acceptors (Lipinski definition) is 3. The maximum atomic E-state index is 11.6. The van der Waals surface area contributed by atoms with Gasteiger partial charge in [0.05, 0.1) is 6.26 Å². The molecular formula is C13H14O2S. The monoisotopic (exact) mass is 234 g/mol. The molecular weight excluding hydrogens is 220 g/mol. The molecule has 0 saturated carbocycles. The summed E-state index contributed by atoms with van der Waals surface area (Å²) in [6, 6.07) is 7.86. The van der Waals surface area contributed by atoms with Crippen molar-refractivity contribution in [2.45, 2.75) is 25.7 Å². The number of carbonyl (C=O) groups excluding carboxylic acids is 1. The third-order valence-corrected chi connectivity index (χ3v) is 3.40. The zero-order valence-electron chi connectivity index (χ0n) is 9.02. The molecule has 0 saturated heterocycles. The normalized spacial score (nSPS) is 10.5. The van der Waals surface area contributed by atoms with E-state index in [4.69, 9.17) is 4.42 Å². The van der Waals surface area contributed by atoms with Gasteiger partial charge in [0.2, 0.25) is 0 Å². The van der Waals surface area contributed by atoms with Gasteiger partial charge in [-0.3, -0.25) is 4.79 Å². The quantitative estimate of drug-likeness (QED) is 0.766. The highest BCUT2D eigenvalue weighted by Gasteiger charge is 2.05. The highest BCUT2D eigenvalue weighted by atomic mass is 32.1. The second-order valence-corrected chi connectivity index (χ2v) is 4.73. The van der Waals surface area contributed by atoms with Gasteiger partial charge in [-0.2, -0.15) is 0 Å². The highest BCUT2D eigenvalue weighted by molar-refractivity contribution is 7.09. The van der Waals surface area contributed by atoms with E-state index in [-0.39, 0.29) is 0 Å². The summed E-state index contributed by atoms with van der Waals surface area (Å²) in [5.74, 6) is 1.20. The molecule has 16 heavy (non-hydrogen) atoms. The van der Waals surface area contributed by atoms with Gasteiger partial charge >= 0.3 is 0 Å². The standard InChI is InChI=1S/C13H14O2S/c14-11(5-7-12-3-1-9-15-12)6-8-13-4-2-10-16-13/h1-4,9-10H,5-8H2. The van der Waals surface area contributed by atoms with E-state index in [1.807, 2.05) is 23.6 Å². The molecule has 2 aromatic rings. The smallest absolute Gasteiger partial charge is 0.133 e. The molecule has 2 heterocycles. The summed E-state index contributed by atoms with van der Waals surface area (Å²) >= 11 is 1.71. The van der Waals surface area contributed by atoms with Crippen molar-refractivity contribution in [2.75, 3.05) is 0 Å². The number of thiophene rings is 1. The Morgan fingerprint density at radius 3 is 2.75 bits per heavy atom. The van der Waals surface area contributed by atoms with Crippen LogP contribution in [-0.4, -0.2) is 5.78 Å². The van der Waals surface area contributed by atoms with Crippen LogP contribution < -0.4 is 0 Å². The molecule has 0 fully saturated rings. The maximum Gasteiger partial charge on any atom is 0.133 e. The van der Waals surface area contributed by atoms with Crippen LogP contribution in [0.1, 0.15) is 23.5 Å². The topological polar surface area (TPSA) is 30.2 Å². The molecule has 0 unspecified atom stereocenters. The van der Waals surface area contributed by atoms with Crippen molar-refractivity contribution in [1.82, 2.24) is 0 Å². The molecule has 2 nitrogen and oxygen atoms in total. The largest absolute Gasteiger partial charge is 0.469 e. The first-order chi connectivity index (χ1) is 7.84. The third-order valence-electron chi connectivity index (χ3n) is 2.46. The van der Waals surface area contributed by atoms with Crippen molar-refractivity contribution in [2.24, 2.45) is 0 Å². The fourth-order valence-electron chi connectivity index (χ4n) is 1.56. The van der Waals surface area contributed by atoms with E-state index >= 15 is 0 Å². The van der Waals surface area contributed by atoms with Gasteiger partial charge in [-0.25, -0.2) is 0 Å². The van der Waals surface area contributed by atoms with E-state index in [0.29, 0.717) is 18.6 Å². The van der Waals surface area contributed by atoms with Crippen molar-refractivity contribution in [3.8, 4) is 0 Å². The number of aryl methyl sites for hydroxylation is 2. The Kier molecular flexibility index (Phi) is 3.94. The van der Waals surface area contributed by atoms with E-state index in [1.165, 1.54) is 4.88 Å². The molecule has 0 aliphatic heterocycles. The van der Waals surface area contributed by atoms with E-state index in [0.717, 1.165) is 18.6 Å². The van der Waals surface area contributed by atoms with Crippen LogP contribution >= 0.6 is 11.3 Å². The van der Waals surface area contributed by atoms with Gasteiger partial charge in [-0.15, -0.1) is 11.3 Å². The lowest BCUT2D eigenvalue weighted by Gasteiger charge is -1.98. The van der Waals surface area contributed by atoms with Gasteiger partial charge in [-0.05, 0) is 30.0 Å². The zero-order valence-corrected chi connectivity index (χ0v) is 9.83. The molecule has 0 spiro atoms. The third kappa shape index (κ3) is 3.35. The van der Waals surface area contributed by atoms with Crippen molar-refractivity contribution >= 4 is 17.1 Å². The Hall–Kier alpha value is -1.35. The number of Topliss-reactive ketones (excluding diaryl/α,β-unsaturated/α-hetero) is 1. The average molecular weight is 234 g/mol. The first-order valence-corrected chi connectivity index (χ1v) is 6.29. The summed E-state index contributed by atoms with van der Waals surface area (Å²) in [6.45, 7) is 0. The van der Waals surface area contributed by atoms with Crippen LogP contribution in [0.25, 0.3) is 0 Å². The van der Waals surface area contributed by atoms with Crippen molar-refractivity contribution in [3.63, 3.8) is 0 Å². The minimum Gasteiger partial charge on any atom is -0.469 e. The van der Waals surface area contributed by atoms with E-state index in [9.17, 15) is 4.79 Å². The van der Waals surface area contributed by atoms with Gasteiger partial charge in [0.1, 0.15) is 11.5 Å². The first kappa shape index (κ1) is 11.1. The lowest BCUT2D eigenvalue weighted by Crippen LogP contribution is -2.01. The molecule has 0 aliphatic carbocycles. The molecule has 2 rings (SSSR count). The Morgan fingerprint density at radius 2 is 2.06 bits per heavy atom. The van der Waals surface area contributed by atoms with Crippen molar-refractivity contribution in [3.05, 3.63) is 46.5 Å². The molecule has 0 radical (unpaired) electrons. The molecule has 0 bridgehead atoms. The second kappa shape index (κ2) is 5.66. The van der Waals surface area contributed by atoms with Crippen LogP contribution in [0, 0.1) is 0 Å². The van der Waals surface area contributed by atoms with Gasteiger partial charge in [0.15, 0.2) is 0 Å². The minimum absolute atomic E-state index is 0.310. The Labute approximate surface area is 98.9 Å². The lowest BCUT2D eigenvalue weighted by molar-refractivity contribution is -0.119. The minimum atomic E-state index is 0.310. The second-order valence-electron chi connectivity index (χ2n) is 3.70. The number of carbonyl (C=O) groups is 1. The number of ketones is 1. The number of hydrogen-bond donors (Lipinski definition) is 0. The van der Waals surface area contributed by atoms with Crippen molar-refractivity contribution < 1.29 is 9.21 Å². The predicted molar refractivity (Wildman–Crippen MR) is 64.7 cm³/mol. The summed E-state index contributed by atoms with van der Waals surface area (Å²) in [5, 5.41) is 2.04. The summed E-state index contributed by atoms with van der Waals surface area (Å²) in [6.07, 6.45) is 4.45. The molecule has 2 aromatic heterocycles. The number of furan rings is 1. The molecule has 84 valence electrons. The Bertz CT molecular complexity index is 374. The predicted octanol–water partition coefficient (Wildman–Crippen LogP) is 3.48. The van der Waals surface area contributed by atoms with Crippen LogP contribution in [0.3, 0.4) is 0 Å². The average Bonchev–Trinajstić information content (AvgIpc) is 2.96. The Balaban J connectivity index is 1.69. The van der Waals surface area contributed by atoms with E-state index in [1.54, 1.807) is 17.6 Å². The van der Waals surface area contributed by atoms with Crippen LogP contribution in [0.5, 0.6) is 0 Å². The summed E-state index contributed by atoms with van der Waals surface area (Å²) < 4.78 is 5.18. The molecule has 0 aromatic carbocycles. The summed E-state index contributed by atoms with van der Waals surface area (Å²) in [7, 11) is 0. The molecule has 3 heteroatoms. The van der Waals surface area contributed by atoms with Gasteiger partial charge in [-0.1, -0.05) is 6.07 Å². The lowest BCUT2D eigenvalue weighted by atomic mass is 10.1. The highest BCUT2D eigenvalue weighted by Crippen LogP contribution is 2.12. The zero-order chi connectivity index (χ0) is 11.2. The number of rotatable bonds is 6. The fraction of sp³-hybridized carbons (Fsp3) is 0.308. The van der Waals surface area contributed by atoms with Crippen LogP contribution in [0.15, 0.2) is 40.3 Å². The SMILES string of the molecule is O=C(CCc1ccco1)CCc1cccs1. The molecule has 0 amide bonds.